The summed E-state index contributed by atoms with van der Waals surface area (Å²) in [6, 6.07) is 0.532. The van der Waals surface area contributed by atoms with Gasteiger partial charge in [0.2, 0.25) is 0 Å². The van der Waals surface area contributed by atoms with E-state index in [-0.39, 0.29) is 0 Å². The summed E-state index contributed by atoms with van der Waals surface area (Å²) in [5.41, 5.74) is 0. The van der Waals surface area contributed by atoms with Crippen molar-refractivity contribution in [2.75, 3.05) is 20.3 Å². The monoisotopic (exact) mass is 187 g/mol. The summed E-state index contributed by atoms with van der Waals surface area (Å²) >= 11 is 0. The van der Waals surface area contributed by atoms with Crippen molar-refractivity contribution in [1.82, 2.24) is 5.32 Å². The fraction of sp³-hybridized carbons (Fsp3) is 1.00. The van der Waals surface area contributed by atoms with Crippen molar-refractivity contribution in [2.45, 2.75) is 46.1 Å². The van der Waals surface area contributed by atoms with E-state index >= 15 is 0 Å². The largest absolute Gasteiger partial charge is 0.380 e. The molecule has 2 heteroatoms. The Labute approximate surface area is 83.1 Å². The third-order valence-corrected chi connectivity index (χ3v) is 2.70. The molecule has 0 aliphatic heterocycles. The molecule has 0 bridgehead atoms. The lowest BCUT2D eigenvalue weighted by Gasteiger charge is -2.21. The highest BCUT2D eigenvalue weighted by Crippen LogP contribution is 2.14. The van der Waals surface area contributed by atoms with Gasteiger partial charge in [-0.15, -0.1) is 0 Å². The minimum atomic E-state index is 0.532. The molecule has 0 aliphatic carbocycles. The number of nitrogens with one attached hydrogen (secondary N) is 1. The molecule has 1 atom stereocenters. The molecule has 0 fully saturated rings. The minimum absolute atomic E-state index is 0.532. The second kappa shape index (κ2) is 8.52. The highest BCUT2D eigenvalue weighted by Gasteiger charge is 2.11. The zero-order chi connectivity index (χ0) is 10.1. The van der Waals surface area contributed by atoms with E-state index in [2.05, 4.69) is 19.2 Å². The SMILES string of the molecule is CCOCC(CC(CC)CC)NC. The number of hydrogen-bond donors (Lipinski definition) is 1. The molecule has 0 saturated heterocycles. The molecule has 0 heterocycles. The van der Waals surface area contributed by atoms with E-state index in [1.54, 1.807) is 0 Å². The van der Waals surface area contributed by atoms with Gasteiger partial charge < -0.3 is 10.1 Å². The molecular formula is C11H25NO. The fourth-order valence-electron chi connectivity index (χ4n) is 1.55. The third kappa shape index (κ3) is 6.05. The molecule has 0 rings (SSSR count). The summed E-state index contributed by atoms with van der Waals surface area (Å²) in [5, 5.41) is 3.31. The molecule has 1 N–H and O–H groups in total. The lowest BCUT2D eigenvalue weighted by atomic mass is 9.95. The zero-order valence-electron chi connectivity index (χ0n) is 9.60. The van der Waals surface area contributed by atoms with Gasteiger partial charge in [-0.25, -0.2) is 0 Å². The Hall–Kier alpha value is -0.0800. The molecule has 0 radical (unpaired) electrons. The van der Waals surface area contributed by atoms with Gasteiger partial charge in [0.1, 0.15) is 0 Å². The Bertz CT molecular complexity index is 102. The van der Waals surface area contributed by atoms with Crippen molar-refractivity contribution in [3.8, 4) is 0 Å². The standard InChI is InChI=1S/C11H25NO/c1-5-10(6-2)8-11(12-4)9-13-7-3/h10-12H,5-9H2,1-4H3. The summed E-state index contributed by atoms with van der Waals surface area (Å²) < 4.78 is 5.41. The Kier molecular flexibility index (Phi) is 8.46. The van der Waals surface area contributed by atoms with Crippen molar-refractivity contribution in [1.29, 1.82) is 0 Å². The average molecular weight is 187 g/mol. The van der Waals surface area contributed by atoms with Crippen LogP contribution in [0.1, 0.15) is 40.0 Å². The maximum Gasteiger partial charge on any atom is 0.0619 e. The molecule has 0 aromatic heterocycles. The average Bonchev–Trinajstić information content (AvgIpc) is 2.19. The number of hydrogen-bond acceptors (Lipinski definition) is 2. The summed E-state index contributed by atoms with van der Waals surface area (Å²) in [4.78, 5) is 0. The molecule has 13 heavy (non-hydrogen) atoms. The van der Waals surface area contributed by atoms with Gasteiger partial charge in [0.05, 0.1) is 6.61 Å². The maximum atomic E-state index is 5.41. The van der Waals surface area contributed by atoms with Crippen molar-refractivity contribution < 1.29 is 4.74 Å². The molecule has 0 aromatic carbocycles. The lowest BCUT2D eigenvalue weighted by Crippen LogP contribution is -2.32. The quantitative estimate of drug-likeness (QED) is 0.630. The summed E-state index contributed by atoms with van der Waals surface area (Å²) in [7, 11) is 2.02. The van der Waals surface area contributed by atoms with E-state index in [1.165, 1.54) is 19.3 Å². The van der Waals surface area contributed by atoms with E-state index in [4.69, 9.17) is 4.74 Å². The van der Waals surface area contributed by atoms with Gasteiger partial charge in [-0.05, 0) is 26.3 Å². The van der Waals surface area contributed by atoms with Crippen LogP contribution in [0.4, 0.5) is 0 Å². The summed E-state index contributed by atoms with van der Waals surface area (Å²) in [6.07, 6.45) is 3.80. The Balaban J connectivity index is 3.67. The molecular weight excluding hydrogens is 162 g/mol. The van der Waals surface area contributed by atoms with Crippen molar-refractivity contribution in [3.05, 3.63) is 0 Å². The number of rotatable bonds is 8. The van der Waals surface area contributed by atoms with Gasteiger partial charge in [-0.1, -0.05) is 26.7 Å². The van der Waals surface area contributed by atoms with E-state index in [0.29, 0.717) is 6.04 Å². The minimum Gasteiger partial charge on any atom is -0.380 e. The third-order valence-electron chi connectivity index (χ3n) is 2.70. The van der Waals surface area contributed by atoms with Crippen LogP contribution in [0.15, 0.2) is 0 Å². The van der Waals surface area contributed by atoms with E-state index < -0.39 is 0 Å². The maximum absolute atomic E-state index is 5.41. The van der Waals surface area contributed by atoms with Crippen LogP contribution < -0.4 is 5.32 Å². The smallest absolute Gasteiger partial charge is 0.0619 e. The Morgan fingerprint density at radius 1 is 1.15 bits per heavy atom. The lowest BCUT2D eigenvalue weighted by molar-refractivity contribution is 0.116. The van der Waals surface area contributed by atoms with Gasteiger partial charge in [0.25, 0.3) is 0 Å². The fourth-order valence-corrected chi connectivity index (χ4v) is 1.55. The summed E-state index contributed by atoms with van der Waals surface area (Å²) in [6.45, 7) is 8.25. The van der Waals surface area contributed by atoms with Gasteiger partial charge in [-0.3, -0.25) is 0 Å². The molecule has 0 aromatic rings. The van der Waals surface area contributed by atoms with Gasteiger partial charge in [0.15, 0.2) is 0 Å². The first-order valence-corrected chi connectivity index (χ1v) is 5.53. The Morgan fingerprint density at radius 2 is 1.77 bits per heavy atom. The molecule has 2 nitrogen and oxygen atoms in total. The molecule has 0 spiro atoms. The first kappa shape index (κ1) is 12.9. The van der Waals surface area contributed by atoms with Gasteiger partial charge in [-0.2, -0.15) is 0 Å². The molecule has 80 valence electrons. The van der Waals surface area contributed by atoms with Crippen LogP contribution >= 0.6 is 0 Å². The highest BCUT2D eigenvalue weighted by atomic mass is 16.5. The predicted molar refractivity (Wildman–Crippen MR) is 58.0 cm³/mol. The second-order valence-electron chi connectivity index (χ2n) is 3.56. The van der Waals surface area contributed by atoms with Crippen LogP contribution in [0.2, 0.25) is 0 Å². The van der Waals surface area contributed by atoms with Crippen LogP contribution in [0.25, 0.3) is 0 Å². The number of likely N-dealkylation sites (N-methyl/N-ethyl adjacent to an activating group) is 1. The molecule has 0 amide bonds. The van der Waals surface area contributed by atoms with Crippen molar-refractivity contribution in [3.63, 3.8) is 0 Å². The predicted octanol–water partition coefficient (Wildman–Crippen LogP) is 2.44. The van der Waals surface area contributed by atoms with Crippen LogP contribution in [-0.4, -0.2) is 26.3 Å². The van der Waals surface area contributed by atoms with Crippen molar-refractivity contribution >= 4 is 0 Å². The second-order valence-corrected chi connectivity index (χ2v) is 3.56. The Morgan fingerprint density at radius 3 is 2.15 bits per heavy atom. The van der Waals surface area contributed by atoms with Crippen LogP contribution in [-0.2, 0) is 4.74 Å². The first-order chi connectivity index (χ1) is 6.28. The van der Waals surface area contributed by atoms with Crippen molar-refractivity contribution in [2.24, 2.45) is 5.92 Å². The molecule has 1 unspecified atom stereocenters. The zero-order valence-corrected chi connectivity index (χ0v) is 9.60. The molecule has 0 saturated carbocycles. The normalized spacial score (nSPS) is 13.6. The topological polar surface area (TPSA) is 21.3 Å². The highest BCUT2D eigenvalue weighted by molar-refractivity contribution is 4.68. The van der Waals surface area contributed by atoms with Crippen LogP contribution in [0.3, 0.4) is 0 Å². The number of ether oxygens (including phenoxy) is 1. The van der Waals surface area contributed by atoms with Crippen LogP contribution in [0.5, 0.6) is 0 Å². The first-order valence-electron chi connectivity index (χ1n) is 5.53. The van der Waals surface area contributed by atoms with Crippen LogP contribution in [0, 0.1) is 5.92 Å². The summed E-state index contributed by atoms with van der Waals surface area (Å²) in [5.74, 6) is 0.845. The molecule has 0 aliphatic rings. The van der Waals surface area contributed by atoms with E-state index in [0.717, 1.165) is 19.1 Å². The van der Waals surface area contributed by atoms with E-state index in [1.807, 2.05) is 14.0 Å². The van der Waals surface area contributed by atoms with E-state index in [9.17, 15) is 0 Å². The van der Waals surface area contributed by atoms with Gasteiger partial charge in [0, 0.05) is 12.6 Å². The van der Waals surface area contributed by atoms with Gasteiger partial charge >= 0.3 is 0 Å².